The molecule has 0 atom stereocenters. The minimum atomic E-state index is -0.202. The van der Waals surface area contributed by atoms with E-state index in [0.29, 0.717) is 42.5 Å². The van der Waals surface area contributed by atoms with Crippen molar-refractivity contribution in [3.05, 3.63) is 52.9 Å². The molecule has 1 aromatic carbocycles. The zero-order valence-corrected chi connectivity index (χ0v) is 14.0. The van der Waals surface area contributed by atoms with E-state index in [0.717, 1.165) is 5.56 Å². The Bertz CT molecular complexity index is 746. The molecule has 1 aliphatic rings. The number of carbonyl (C=O) groups excluding carboxylic acids is 2. The Hall–Kier alpha value is -2.47. The highest BCUT2D eigenvalue weighted by atomic mass is 35.5. The minimum absolute atomic E-state index is 0.115. The monoisotopic (exact) mass is 347 g/mol. The Balaban J connectivity index is 1.85. The fourth-order valence-corrected chi connectivity index (χ4v) is 2.89. The number of amides is 3. The third kappa shape index (κ3) is 3.23. The Labute approximate surface area is 145 Å². The van der Waals surface area contributed by atoms with Crippen molar-refractivity contribution in [1.29, 1.82) is 0 Å². The average Bonchev–Trinajstić information content (AvgIpc) is 3.24. The second-order valence-corrected chi connectivity index (χ2v) is 5.91. The van der Waals surface area contributed by atoms with Gasteiger partial charge in [0.1, 0.15) is 0 Å². The fraction of sp³-hybridized carbons (Fsp3) is 0.294. The number of nitrogens with one attached hydrogen (secondary N) is 1. The van der Waals surface area contributed by atoms with Crippen LogP contribution in [0.4, 0.5) is 10.5 Å². The molecule has 2 heterocycles. The highest BCUT2D eigenvalue weighted by Gasteiger charge is 2.25. The Morgan fingerprint density at radius 2 is 2.25 bits per heavy atom. The van der Waals surface area contributed by atoms with E-state index in [2.05, 4.69) is 5.32 Å². The molecule has 0 bridgehead atoms. The van der Waals surface area contributed by atoms with Crippen LogP contribution < -0.4 is 10.2 Å². The maximum Gasteiger partial charge on any atom is 0.322 e. The summed E-state index contributed by atoms with van der Waals surface area (Å²) in [6.45, 7) is 4.04. The fourth-order valence-electron chi connectivity index (χ4n) is 2.67. The predicted molar refractivity (Wildman–Crippen MR) is 91.3 cm³/mol. The number of nitrogens with zero attached hydrogens (tertiary/aromatic N) is 2. The molecule has 2 aromatic rings. The van der Waals surface area contributed by atoms with Gasteiger partial charge >= 0.3 is 6.03 Å². The summed E-state index contributed by atoms with van der Waals surface area (Å²) in [7, 11) is 0. The predicted octanol–water partition coefficient (Wildman–Crippen LogP) is 3.12. The molecule has 7 heteroatoms. The number of anilines is 1. The molecule has 0 saturated carbocycles. The lowest BCUT2D eigenvalue weighted by Crippen LogP contribution is -2.31. The first-order valence-electron chi connectivity index (χ1n) is 7.75. The minimum Gasteiger partial charge on any atom is -0.472 e. The van der Waals surface area contributed by atoms with Crippen LogP contribution in [0.5, 0.6) is 0 Å². The van der Waals surface area contributed by atoms with Crippen molar-refractivity contribution in [1.82, 2.24) is 10.2 Å². The number of urea groups is 1. The second-order valence-electron chi connectivity index (χ2n) is 5.50. The quantitative estimate of drug-likeness (QED) is 0.903. The van der Waals surface area contributed by atoms with Crippen molar-refractivity contribution in [2.45, 2.75) is 13.5 Å². The zero-order chi connectivity index (χ0) is 17.1. The van der Waals surface area contributed by atoms with Gasteiger partial charge in [0.15, 0.2) is 0 Å². The highest BCUT2D eigenvalue weighted by Crippen LogP contribution is 2.28. The van der Waals surface area contributed by atoms with E-state index in [1.807, 2.05) is 13.0 Å². The van der Waals surface area contributed by atoms with Crippen LogP contribution in [0.2, 0.25) is 5.02 Å². The molecule has 3 rings (SSSR count). The van der Waals surface area contributed by atoms with Gasteiger partial charge in [0, 0.05) is 37.3 Å². The molecule has 1 aromatic heterocycles. The summed E-state index contributed by atoms with van der Waals surface area (Å²) >= 11 is 6.22. The highest BCUT2D eigenvalue weighted by molar-refractivity contribution is 6.34. The molecular weight excluding hydrogens is 330 g/mol. The third-order valence-electron chi connectivity index (χ3n) is 3.96. The first kappa shape index (κ1) is 16.4. The molecule has 3 amide bonds. The summed E-state index contributed by atoms with van der Waals surface area (Å²) in [5.41, 5.74) is 1.98. The topological polar surface area (TPSA) is 65.8 Å². The molecule has 1 saturated heterocycles. The smallest absolute Gasteiger partial charge is 0.322 e. The van der Waals surface area contributed by atoms with Gasteiger partial charge < -0.3 is 14.6 Å². The van der Waals surface area contributed by atoms with Crippen molar-refractivity contribution >= 4 is 29.2 Å². The number of halogens is 1. The summed E-state index contributed by atoms with van der Waals surface area (Å²) in [5, 5.41) is 3.18. The summed E-state index contributed by atoms with van der Waals surface area (Å²) in [5.74, 6) is -0.115. The number of furan rings is 1. The average molecular weight is 348 g/mol. The summed E-state index contributed by atoms with van der Waals surface area (Å²) in [6, 6.07) is 6.64. The van der Waals surface area contributed by atoms with E-state index in [9.17, 15) is 9.59 Å². The lowest BCUT2D eigenvalue weighted by Gasteiger charge is -2.22. The third-order valence-corrected chi connectivity index (χ3v) is 4.28. The number of hydrogen-bond donors (Lipinski definition) is 1. The van der Waals surface area contributed by atoms with Crippen LogP contribution in [0, 0.1) is 0 Å². The zero-order valence-electron chi connectivity index (χ0n) is 13.3. The normalized spacial score (nSPS) is 13.9. The molecule has 126 valence electrons. The van der Waals surface area contributed by atoms with Gasteiger partial charge in [0.05, 0.1) is 23.2 Å². The van der Waals surface area contributed by atoms with E-state index in [-0.39, 0.29) is 11.9 Å². The van der Waals surface area contributed by atoms with Crippen LogP contribution in [0.1, 0.15) is 22.8 Å². The van der Waals surface area contributed by atoms with Crippen LogP contribution >= 0.6 is 11.6 Å². The number of rotatable bonds is 5. The lowest BCUT2D eigenvalue weighted by atomic mass is 10.1. The number of carbonyl (C=O) groups is 2. The van der Waals surface area contributed by atoms with Gasteiger partial charge in [0.2, 0.25) is 0 Å². The Morgan fingerprint density at radius 1 is 1.42 bits per heavy atom. The van der Waals surface area contributed by atoms with E-state index >= 15 is 0 Å². The van der Waals surface area contributed by atoms with Crippen molar-refractivity contribution in [3.63, 3.8) is 0 Å². The maximum absolute atomic E-state index is 12.8. The molecular formula is C17H18ClN3O3. The standard InChI is InChI=1S/C17H18ClN3O3/c1-2-20(10-12-5-8-24-11-12)16(22)13-3-4-14(18)15(9-13)21-7-6-19-17(21)23/h3-5,8-9,11H,2,6-7,10H2,1H3,(H,19,23). The first-order chi connectivity index (χ1) is 11.6. The summed E-state index contributed by atoms with van der Waals surface area (Å²) in [4.78, 5) is 27.9. The molecule has 0 radical (unpaired) electrons. The molecule has 24 heavy (non-hydrogen) atoms. The summed E-state index contributed by atoms with van der Waals surface area (Å²) in [6.07, 6.45) is 3.21. The molecule has 0 unspecified atom stereocenters. The molecule has 1 N–H and O–H groups in total. The van der Waals surface area contributed by atoms with Gasteiger partial charge in [-0.2, -0.15) is 0 Å². The molecule has 1 fully saturated rings. The van der Waals surface area contributed by atoms with Crippen molar-refractivity contribution in [2.75, 3.05) is 24.5 Å². The van der Waals surface area contributed by atoms with Crippen LogP contribution in [-0.2, 0) is 6.54 Å². The van der Waals surface area contributed by atoms with Gasteiger partial charge in [0.25, 0.3) is 5.91 Å². The lowest BCUT2D eigenvalue weighted by molar-refractivity contribution is 0.0752. The number of hydrogen-bond acceptors (Lipinski definition) is 3. The van der Waals surface area contributed by atoms with Crippen LogP contribution in [0.25, 0.3) is 0 Å². The first-order valence-corrected chi connectivity index (χ1v) is 8.13. The van der Waals surface area contributed by atoms with E-state index in [1.54, 1.807) is 40.5 Å². The molecule has 6 nitrogen and oxygen atoms in total. The Morgan fingerprint density at radius 3 is 2.88 bits per heavy atom. The Kier molecular flexibility index (Phi) is 4.76. The van der Waals surface area contributed by atoms with E-state index < -0.39 is 0 Å². The largest absolute Gasteiger partial charge is 0.472 e. The van der Waals surface area contributed by atoms with Crippen molar-refractivity contribution < 1.29 is 14.0 Å². The number of benzene rings is 1. The van der Waals surface area contributed by atoms with Crippen LogP contribution in [-0.4, -0.2) is 36.5 Å². The molecule has 0 spiro atoms. The van der Waals surface area contributed by atoms with Gasteiger partial charge in [-0.05, 0) is 31.2 Å². The van der Waals surface area contributed by atoms with E-state index in [4.69, 9.17) is 16.0 Å². The molecule has 1 aliphatic heterocycles. The van der Waals surface area contributed by atoms with Crippen molar-refractivity contribution in [3.8, 4) is 0 Å². The van der Waals surface area contributed by atoms with Gasteiger partial charge in [-0.1, -0.05) is 11.6 Å². The molecule has 0 aliphatic carbocycles. The maximum atomic E-state index is 12.8. The van der Waals surface area contributed by atoms with E-state index in [1.165, 1.54) is 0 Å². The van der Waals surface area contributed by atoms with Crippen LogP contribution in [0.15, 0.2) is 41.2 Å². The van der Waals surface area contributed by atoms with Crippen LogP contribution in [0.3, 0.4) is 0 Å². The SMILES string of the molecule is CCN(Cc1ccoc1)C(=O)c1ccc(Cl)c(N2CCNC2=O)c1. The van der Waals surface area contributed by atoms with Gasteiger partial charge in [-0.25, -0.2) is 4.79 Å². The van der Waals surface area contributed by atoms with Gasteiger partial charge in [-0.3, -0.25) is 9.69 Å². The van der Waals surface area contributed by atoms with Crippen molar-refractivity contribution in [2.24, 2.45) is 0 Å². The second kappa shape index (κ2) is 6.97. The van der Waals surface area contributed by atoms with Gasteiger partial charge in [-0.15, -0.1) is 0 Å². The summed E-state index contributed by atoms with van der Waals surface area (Å²) < 4.78 is 5.05.